The monoisotopic (exact) mass is 684 g/mol. The Kier molecular flexibility index (Phi) is 8.27. The van der Waals surface area contributed by atoms with Gasteiger partial charge in [0.1, 0.15) is 0 Å². The van der Waals surface area contributed by atoms with Crippen molar-refractivity contribution in [3.05, 3.63) is 59.9 Å². The average molecular weight is 685 g/mol. The van der Waals surface area contributed by atoms with Gasteiger partial charge in [-0.15, -0.1) is 12.2 Å². The molecule has 1 aliphatic carbocycles. The molecule has 0 radical (unpaired) electrons. The van der Waals surface area contributed by atoms with Crippen molar-refractivity contribution in [3.8, 4) is 0 Å². The molecule has 4 heterocycles. The van der Waals surface area contributed by atoms with Gasteiger partial charge in [-0.1, -0.05) is 12.1 Å². The number of benzene rings is 2. The fourth-order valence-electron chi connectivity index (χ4n) is 7.28. The summed E-state index contributed by atoms with van der Waals surface area (Å²) in [7, 11) is 4.79. The van der Waals surface area contributed by atoms with Crippen molar-refractivity contribution in [1.29, 1.82) is 0 Å². The Hall–Kier alpha value is -5.74. The number of carbonyl (C=O) groups excluding carboxylic acids is 4. The summed E-state index contributed by atoms with van der Waals surface area (Å²) in [6, 6.07) is 5.02. The highest BCUT2D eigenvalue weighted by molar-refractivity contribution is 6.08. The molecule has 6 unspecified atom stereocenters. The predicted octanol–water partition coefficient (Wildman–Crippen LogP) is -0.0370. The standard InChI is InChI=1S/C34H32N6O10/c1-47-31(43)25-26(32(44)48-2)39-18-10-12-36-23-13(6-8-16(37-25)22(18)23)19-29(41)20(30(19)42)14-5-7-15-21-17(9-11-35-15)38-27(33(45)49-3)28(34(46)50-4)40-24(14)21/h5-12,19-20,25-30,37-40H,1-4H3/q-2. The molecule has 4 aromatic rings. The van der Waals surface area contributed by atoms with E-state index >= 15 is 0 Å². The fourth-order valence-corrected chi connectivity index (χ4v) is 7.28. The lowest BCUT2D eigenvalue weighted by molar-refractivity contribution is -0.535. The van der Waals surface area contributed by atoms with Crippen LogP contribution in [0.15, 0.2) is 48.8 Å². The van der Waals surface area contributed by atoms with E-state index < -0.39 is 72.1 Å². The van der Waals surface area contributed by atoms with Gasteiger partial charge in [0.05, 0.1) is 39.5 Å². The number of anilines is 4. The quantitative estimate of drug-likeness (QED) is 0.154. The van der Waals surface area contributed by atoms with Crippen molar-refractivity contribution in [3.63, 3.8) is 0 Å². The van der Waals surface area contributed by atoms with Crippen LogP contribution < -0.4 is 31.5 Å². The largest absolute Gasteiger partial charge is 0.851 e. The molecule has 2 aliphatic heterocycles. The molecule has 0 bridgehead atoms. The van der Waals surface area contributed by atoms with Crippen molar-refractivity contribution in [2.45, 2.75) is 48.2 Å². The highest BCUT2D eigenvalue weighted by Crippen LogP contribution is 2.52. The zero-order valence-electron chi connectivity index (χ0n) is 27.2. The van der Waals surface area contributed by atoms with Gasteiger partial charge in [-0.2, -0.15) is 0 Å². The first kappa shape index (κ1) is 32.8. The van der Waals surface area contributed by atoms with Crippen molar-refractivity contribution in [2.24, 2.45) is 0 Å². The van der Waals surface area contributed by atoms with E-state index in [4.69, 9.17) is 18.9 Å². The van der Waals surface area contributed by atoms with E-state index in [2.05, 4.69) is 31.2 Å². The molecule has 6 atom stereocenters. The van der Waals surface area contributed by atoms with Crippen LogP contribution in [0, 0.1) is 0 Å². The summed E-state index contributed by atoms with van der Waals surface area (Å²) in [6.45, 7) is 0. The van der Waals surface area contributed by atoms with E-state index in [0.717, 1.165) is 0 Å². The third-order valence-corrected chi connectivity index (χ3v) is 9.72. The lowest BCUT2D eigenvalue weighted by atomic mass is 9.62. The molecule has 0 saturated heterocycles. The molecule has 4 N–H and O–H groups in total. The first-order valence-corrected chi connectivity index (χ1v) is 15.7. The Morgan fingerprint density at radius 1 is 0.560 bits per heavy atom. The highest BCUT2D eigenvalue weighted by Gasteiger charge is 2.45. The second kappa shape index (κ2) is 12.6. The molecular weight excluding hydrogens is 652 g/mol. The van der Waals surface area contributed by atoms with E-state index in [-0.39, 0.29) is 0 Å². The third-order valence-electron chi connectivity index (χ3n) is 9.72. The smallest absolute Gasteiger partial charge is 0.331 e. The molecule has 16 heteroatoms. The fraction of sp³-hybridized carbons (Fsp3) is 0.353. The van der Waals surface area contributed by atoms with Crippen LogP contribution in [-0.2, 0) is 38.1 Å². The first-order valence-electron chi connectivity index (χ1n) is 15.7. The number of ether oxygens (including phenoxy) is 4. The topological polar surface area (TPSA) is 225 Å². The highest BCUT2D eigenvalue weighted by atomic mass is 16.5. The van der Waals surface area contributed by atoms with Crippen LogP contribution in [0.5, 0.6) is 0 Å². The zero-order chi connectivity index (χ0) is 35.4. The number of esters is 4. The van der Waals surface area contributed by atoms with E-state index in [9.17, 15) is 29.4 Å². The summed E-state index contributed by atoms with van der Waals surface area (Å²) in [5.41, 5.74) is 3.23. The number of hydrogen-bond donors (Lipinski definition) is 4. The van der Waals surface area contributed by atoms with Crippen LogP contribution >= 0.6 is 0 Å². The number of rotatable bonds is 6. The van der Waals surface area contributed by atoms with Gasteiger partial charge in [0, 0.05) is 45.9 Å². The van der Waals surface area contributed by atoms with E-state index in [1.807, 2.05) is 0 Å². The molecule has 1 saturated carbocycles. The van der Waals surface area contributed by atoms with Gasteiger partial charge in [-0.3, -0.25) is 9.97 Å². The summed E-state index contributed by atoms with van der Waals surface area (Å²) in [5, 5.41) is 41.8. The number of nitrogens with one attached hydrogen (secondary N) is 4. The lowest BCUT2D eigenvalue weighted by Crippen LogP contribution is -2.63. The number of nitrogens with zero attached hydrogens (tertiary/aromatic N) is 2. The van der Waals surface area contributed by atoms with Crippen LogP contribution in [0.4, 0.5) is 22.7 Å². The van der Waals surface area contributed by atoms with Crippen LogP contribution in [0.1, 0.15) is 23.0 Å². The molecule has 2 aromatic heterocycles. The normalized spacial score (nSPS) is 26.4. The summed E-state index contributed by atoms with van der Waals surface area (Å²) in [5.74, 6) is -5.02. The van der Waals surface area contributed by atoms with Crippen molar-refractivity contribution in [2.75, 3.05) is 49.7 Å². The molecule has 1 fully saturated rings. The third kappa shape index (κ3) is 4.97. The Labute approximate surface area is 284 Å². The van der Waals surface area contributed by atoms with Crippen LogP contribution in [0.3, 0.4) is 0 Å². The number of aromatic nitrogens is 2. The van der Waals surface area contributed by atoms with Crippen molar-refractivity contribution in [1.82, 2.24) is 9.97 Å². The van der Waals surface area contributed by atoms with Gasteiger partial charge in [-0.25, -0.2) is 19.2 Å². The second-order valence-corrected chi connectivity index (χ2v) is 12.1. The van der Waals surface area contributed by atoms with Gasteiger partial charge in [0.15, 0.2) is 24.2 Å². The minimum atomic E-state index is -1.45. The Morgan fingerprint density at radius 3 is 1.54 bits per heavy atom. The maximum absolute atomic E-state index is 14.3. The maximum Gasteiger partial charge on any atom is 0.331 e. The van der Waals surface area contributed by atoms with Gasteiger partial charge >= 0.3 is 23.9 Å². The molecule has 0 amide bonds. The summed E-state index contributed by atoms with van der Waals surface area (Å²) in [6.07, 6.45) is 0.111. The summed E-state index contributed by atoms with van der Waals surface area (Å²) >= 11 is 0. The minimum Gasteiger partial charge on any atom is -0.851 e. The van der Waals surface area contributed by atoms with Gasteiger partial charge in [0.25, 0.3) is 0 Å². The Morgan fingerprint density at radius 2 is 1.00 bits per heavy atom. The van der Waals surface area contributed by atoms with E-state index in [1.165, 1.54) is 40.8 Å². The molecule has 7 rings (SSSR count). The van der Waals surface area contributed by atoms with Crippen LogP contribution in [0.2, 0.25) is 0 Å². The second-order valence-electron chi connectivity index (χ2n) is 12.1. The molecule has 3 aliphatic rings. The molecule has 0 spiro atoms. The van der Waals surface area contributed by atoms with E-state index in [0.29, 0.717) is 55.7 Å². The Bertz CT molecular complexity index is 2020. The first-order chi connectivity index (χ1) is 24.1. The molecule has 50 heavy (non-hydrogen) atoms. The maximum atomic E-state index is 14.3. The lowest BCUT2D eigenvalue weighted by Gasteiger charge is -2.62. The number of pyridine rings is 2. The molecule has 16 nitrogen and oxygen atoms in total. The van der Waals surface area contributed by atoms with Crippen molar-refractivity contribution < 1.29 is 48.3 Å². The Balaban J connectivity index is 1.29. The summed E-state index contributed by atoms with van der Waals surface area (Å²) < 4.78 is 19.8. The number of methoxy groups -OCH3 is 4. The number of carbonyl (C=O) groups is 4. The zero-order valence-corrected chi connectivity index (χ0v) is 27.2. The molecular formula is C34H32N6O10-2. The van der Waals surface area contributed by atoms with Crippen LogP contribution in [-0.4, -0.2) is 98.7 Å². The SMILES string of the molecule is COC(=O)C1Nc2ccnc3ccc(C4C([O-])C(c5ccc6c7c(ccnc57)NC(C(=O)OC)C(C(=O)OC)N6)C4[O-])c(c23)NC1C(=O)OC. The predicted molar refractivity (Wildman–Crippen MR) is 174 cm³/mol. The van der Waals surface area contributed by atoms with Crippen molar-refractivity contribution >= 4 is 68.4 Å². The van der Waals surface area contributed by atoms with Crippen LogP contribution in [0.25, 0.3) is 21.8 Å². The molecule has 2 aromatic carbocycles. The van der Waals surface area contributed by atoms with Gasteiger partial charge in [0.2, 0.25) is 0 Å². The summed E-state index contributed by atoms with van der Waals surface area (Å²) in [4.78, 5) is 60.3. The average Bonchev–Trinajstić information content (AvgIpc) is 3.43. The minimum absolute atomic E-state index is 0.313. The van der Waals surface area contributed by atoms with Gasteiger partial charge < -0.3 is 50.4 Å². The molecule has 260 valence electrons. The van der Waals surface area contributed by atoms with Gasteiger partial charge in [-0.05, 0) is 47.2 Å². The number of hydrogen-bond acceptors (Lipinski definition) is 16. The van der Waals surface area contributed by atoms with E-state index in [1.54, 1.807) is 36.4 Å².